The van der Waals surface area contributed by atoms with Crippen molar-refractivity contribution in [2.45, 2.75) is 12.2 Å². The zero-order chi connectivity index (χ0) is 17.5. The topological polar surface area (TPSA) is 63.3 Å². The molecule has 4 nitrogen and oxygen atoms in total. The number of carbonyl (C=O) groups is 1. The number of halogens is 1. The van der Waals surface area contributed by atoms with Crippen molar-refractivity contribution in [3.8, 4) is 11.3 Å². The van der Waals surface area contributed by atoms with E-state index < -0.39 is 11.2 Å². The van der Waals surface area contributed by atoms with E-state index in [9.17, 15) is 9.18 Å². The highest BCUT2D eigenvalue weighted by atomic mass is 32.1. The molecule has 0 saturated heterocycles. The first kappa shape index (κ1) is 17.7. The second kappa shape index (κ2) is 8.31. The Kier molecular flexibility index (Phi) is 6.14. The Morgan fingerprint density at radius 1 is 1.25 bits per heavy atom. The molecule has 4 rings (SSSR count). The molecule has 6 heteroatoms. The summed E-state index contributed by atoms with van der Waals surface area (Å²) in [5.74, 6) is -0.934. The second-order valence-corrected chi connectivity index (χ2v) is 5.72. The third kappa shape index (κ3) is 4.70. The molecule has 0 bridgehead atoms. The zero-order valence-electron chi connectivity index (χ0n) is 12.9. The molecule has 1 heterocycles. The van der Waals surface area contributed by atoms with Gasteiger partial charge in [-0.15, -0.1) is 0 Å². The number of oxazole rings is 1. The molecule has 0 aliphatic heterocycles. The molecule has 0 saturated carbocycles. The van der Waals surface area contributed by atoms with Crippen LogP contribution in [0.4, 0.5) is 4.39 Å². The number of thiol groups is 1. The smallest absolute Gasteiger partial charge is 0.316 e. The van der Waals surface area contributed by atoms with E-state index >= 15 is 0 Å². The predicted molar refractivity (Wildman–Crippen MR) is 92.1 cm³/mol. The molecule has 2 aliphatic carbocycles. The van der Waals surface area contributed by atoms with Crippen LogP contribution >= 0.6 is 12.6 Å². The van der Waals surface area contributed by atoms with Crippen LogP contribution in [0.2, 0.25) is 0 Å². The summed E-state index contributed by atoms with van der Waals surface area (Å²) in [5, 5.41) is 9.25. The molecular weight excluding hydrogens is 329 g/mol. The van der Waals surface area contributed by atoms with Gasteiger partial charge in [0.05, 0.1) is 5.25 Å². The zero-order valence-corrected chi connectivity index (χ0v) is 13.8. The minimum absolute atomic E-state index is 0.0579. The van der Waals surface area contributed by atoms with Gasteiger partial charge in [-0.05, 0) is 18.2 Å². The summed E-state index contributed by atoms with van der Waals surface area (Å²) >= 11 is 3.59. The van der Waals surface area contributed by atoms with Crippen molar-refractivity contribution >= 4 is 18.6 Å². The fourth-order valence-corrected chi connectivity index (χ4v) is 1.71. The first-order chi connectivity index (χ1) is 11.5. The van der Waals surface area contributed by atoms with Gasteiger partial charge in [0.15, 0.2) is 6.39 Å². The molecular formula is C18H16FNO3S. The highest BCUT2D eigenvalue weighted by Crippen LogP contribution is 2.15. The number of aliphatic carboxylic acids is 1. The van der Waals surface area contributed by atoms with Crippen LogP contribution in [0.15, 0.2) is 65.6 Å². The maximum absolute atomic E-state index is 12.0. The summed E-state index contributed by atoms with van der Waals surface area (Å²) in [6.45, 7) is 1.51. The van der Waals surface area contributed by atoms with Crippen LogP contribution in [0, 0.1) is 16.3 Å². The average Bonchev–Trinajstić information content (AvgIpc) is 3.09. The Hall–Kier alpha value is -2.60. The van der Waals surface area contributed by atoms with E-state index in [-0.39, 0.29) is 5.82 Å². The average molecular weight is 345 g/mol. The Labute approximate surface area is 143 Å². The van der Waals surface area contributed by atoms with Gasteiger partial charge in [-0.25, -0.2) is 9.37 Å². The maximum Gasteiger partial charge on any atom is 0.316 e. The van der Waals surface area contributed by atoms with Crippen molar-refractivity contribution < 1.29 is 18.7 Å². The number of hydrogen-bond acceptors (Lipinski definition) is 4. The van der Waals surface area contributed by atoms with Crippen molar-refractivity contribution in [1.29, 1.82) is 0 Å². The Morgan fingerprint density at radius 2 is 1.92 bits per heavy atom. The molecule has 0 radical (unpaired) electrons. The molecule has 1 aromatic heterocycles. The molecule has 1 atom stereocenters. The van der Waals surface area contributed by atoms with Gasteiger partial charge in [-0.3, -0.25) is 4.79 Å². The van der Waals surface area contributed by atoms with Crippen LogP contribution in [0.5, 0.6) is 0 Å². The predicted octanol–water partition coefficient (Wildman–Crippen LogP) is 4.16. The second-order valence-electron chi connectivity index (χ2n) is 4.95. The molecule has 124 valence electrons. The van der Waals surface area contributed by atoms with Crippen LogP contribution in [0.3, 0.4) is 0 Å². The fraction of sp³-hybridized carbons (Fsp3) is 0.111. The lowest BCUT2D eigenvalue weighted by Gasteiger charge is -2.00. The largest absolute Gasteiger partial charge is 0.480 e. The quantitative estimate of drug-likeness (QED) is 0.536. The van der Waals surface area contributed by atoms with Gasteiger partial charge < -0.3 is 9.52 Å². The van der Waals surface area contributed by atoms with Crippen LogP contribution in [-0.2, 0) is 4.79 Å². The number of rotatable bonds is 2. The van der Waals surface area contributed by atoms with E-state index in [1.807, 2.05) is 36.4 Å². The molecule has 1 unspecified atom stereocenters. The third-order valence-electron chi connectivity index (χ3n) is 3.14. The summed E-state index contributed by atoms with van der Waals surface area (Å²) < 4.78 is 16.8. The van der Waals surface area contributed by atoms with Gasteiger partial charge in [0, 0.05) is 10.8 Å². The van der Waals surface area contributed by atoms with Crippen molar-refractivity contribution in [2.75, 3.05) is 0 Å². The third-order valence-corrected chi connectivity index (χ3v) is 3.36. The van der Waals surface area contributed by atoms with E-state index in [1.54, 1.807) is 12.3 Å². The van der Waals surface area contributed by atoms with E-state index in [1.165, 1.54) is 19.4 Å². The van der Waals surface area contributed by atoms with Crippen molar-refractivity contribution in [1.82, 2.24) is 4.98 Å². The lowest BCUT2D eigenvalue weighted by atomic mass is 10.1. The van der Waals surface area contributed by atoms with Crippen LogP contribution in [-0.4, -0.2) is 21.3 Å². The molecule has 0 amide bonds. The Balaban J connectivity index is 0.000000139. The van der Waals surface area contributed by atoms with Gasteiger partial charge in [0.1, 0.15) is 17.8 Å². The number of hydrogen-bond donors (Lipinski definition) is 2. The van der Waals surface area contributed by atoms with E-state index in [0.717, 1.165) is 21.7 Å². The lowest BCUT2D eigenvalue weighted by Crippen LogP contribution is -2.06. The van der Waals surface area contributed by atoms with Crippen LogP contribution in [0.1, 0.15) is 6.92 Å². The van der Waals surface area contributed by atoms with Gasteiger partial charge >= 0.3 is 5.97 Å². The maximum atomic E-state index is 12.0. The number of carboxylic acid groups (broad SMARTS) is 1. The standard InChI is InChI=1S/C9H7NO.C6H3F.C3H6O2S/c1-2-4-8(5-3-1)9-6-11-7-10-9;7-6-3-4-1-2-5(4)6;1-2(6)3(4)5/h1-7H;1-3H;2,6H,1H3,(H,4,5). The minimum Gasteiger partial charge on any atom is -0.480 e. The number of carboxylic acids is 1. The summed E-state index contributed by atoms with van der Waals surface area (Å²) in [7, 11) is 0. The highest BCUT2D eigenvalue weighted by molar-refractivity contribution is 7.81. The molecule has 2 aromatic rings. The monoisotopic (exact) mass is 345 g/mol. The molecule has 2 aliphatic rings. The molecule has 1 N–H and O–H groups in total. The summed E-state index contributed by atoms with van der Waals surface area (Å²) in [4.78, 5) is 13.6. The SMILES string of the molecule is CC(S)C(=O)O.Fc1cc2ccc1=2.c1ccc(-c2cocn2)cc1. The summed E-state index contributed by atoms with van der Waals surface area (Å²) in [5.41, 5.74) is 1.96. The summed E-state index contributed by atoms with van der Waals surface area (Å²) in [6, 6.07) is 15.1. The number of aromatic nitrogens is 1. The van der Waals surface area contributed by atoms with Crippen LogP contribution < -0.4 is 0 Å². The van der Waals surface area contributed by atoms with E-state index in [4.69, 9.17) is 9.52 Å². The molecule has 0 spiro atoms. The first-order valence-corrected chi connectivity index (χ1v) is 7.65. The molecule has 24 heavy (non-hydrogen) atoms. The summed E-state index contributed by atoms with van der Waals surface area (Å²) in [6.07, 6.45) is 3.07. The first-order valence-electron chi connectivity index (χ1n) is 7.13. The lowest BCUT2D eigenvalue weighted by molar-refractivity contribution is -0.136. The molecule has 0 fully saturated rings. The normalized spacial score (nSPS) is 11.3. The van der Waals surface area contributed by atoms with Crippen molar-refractivity contribution in [2.24, 2.45) is 0 Å². The Morgan fingerprint density at radius 3 is 2.21 bits per heavy atom. The minimum atomic E-state index is -0.877. The van der Waals surface area contributed by atoms with Crippen LogP contribution in [0.25, 0.3) is 11.3 Å². The van der Waals surface area contributed by atoms with E-state index in [2.05, 4.69) is 17.6 Å². The highest BCUT2D eigenvalue weighted by Gasteiger charge is 2.02. The van der Waals surface area contributed by atoms with Gasteiger partial charge in [-0.2, -0.15) is 12.6 Å². The van der Waals surface area contributed by atoms with Gasteiger partial charge in [0.2, 0.25) is 0 Å². The Bertz CT molecular complexity index is 880. The number of benzene rings is 2. The van der Waals surface area contributed by atoms with Crippen molar-refractivity contribution in [3.05, 3.63) is 77.4 Å². The van der Waals surface area contributed by atoms with Gasteiger partial charge in [0.25, 0.3) is 0 Å². The van der Waals surface area contributed by atoms with E-state index in [0.29, 0.717) is 0 Å². The van der Waals surface area contributed by atoms with Gasteiger partial charge in [-0.1, -0.05) is 42.5 Å². The molecule has 1 aromatic carbocycles. The fourth-order valence-electron chi connectivity index (χ4n) is 1.71. The van der Waals surface area contributed by atoms with Crippen molar-refractivity contribution in [3.63, 3.8) is 0 Å². The number of nitrogens with zero attached hydrogens (tertiary/aromatic N) is 1.